The molecule has 0 aromatic heterocycles. The number of carbonyl (C=O) groups is 2. The van der Waals surface area contributed by atoms with E-state index in [4.69, 9.17) is 4.74 Å². The van der Waals surface area contributed by atoms with Crippen LogP contribution in [-0.2, 0) is 9.59 Å². The van der Waals surface area contributed by atoms with Crippen molar-refractivity contribution in [2.24, 2.45) is 0 Å². The molecular formula is C24H18FNO4. The number of amides is 1. The zero-order valence-electron chi connectivity index (χ0n) is 16.1. The fourth-order valence-electron chi connectivity index (χ4n) is 3.64. The minimum atomic E-state index is -0.938. The molecule has 1 atom stereocenters. The first-order valence-corrected chi connectivity index (χ1v) is 9.28. The molecule has 0 aliphatic carbocycles. The molecule has 1 amide bonds. The molecule has 0 radical (unpaired) electrons. The van der Waals surface area contributed by atoms with Crippen molar-refractivity contribution >= 4 is 23.1 Å². The number of methoxy groups -OCH3 is 1. The van der Waals surface area contributed by atoms with Crippen LogP contribution in [0.5, 0.6) is 5.75 Å². The number of aliphatic hydroxyl groups excluding tert-OH is 1. The van der Waals surface area contributed by atoms with Crippen molar-refractivity contribution in [3.63, 3.8) is 0 Å². The second kappa shape index (κ2) is 7.83. The lowest BCUT2D eigenvalue weighted by atomic mass is 9.94. The largest absolute Gasteiger partial charge is 0.507 e. The smallest absolute Gasteiger partial charge is 0.300 e. The average Bonchev–Trinajstić information content (AvgIpc) is 3.05. The van der Waals surface area contributed by atoms with Gasteiger partial charge in [-0.05, 0) is 30.3 Å². The molecule has 1 heterocycles. The Balaban J connectivity index is 1.98. The molecule has 0 saturated carbocycles. The number of para-hydroxylation sites is 1. The number of Topliss-reactive ketones (excluding diaryl/α,β-unsaturated/α-hetero) is 1. The highest BCUT2D eigenvalue weighted by atomic mass is 19.1. The van der Waals surface area contributed by atoms with Gasteiger partial charge in [-0.15, -0.1) is 0 Å². The van der Waals surface area contributed by atoms with Crippen molar-refractivity contribution in [2.45, 2.75) is 6.04 Å². The molecule has 6 heteroatoms. The number of hydrogen-bond donors (Lipinski definition) is 1. The van der Waals surface area contributed by atoms with Crippen molar-refractivity contribution in [1.82, 2.24) is 0 Å². The van der Waals surface area contributed by atoms with E-state index in [1.165, 1.54) is 36.3 Å². The molecule has 3 aromatic carbocycles. The number of ketones is 1. The second-order valence-corrected chi connectivity index (χ2v) is 6.75. The molecular weight excluding hydrogens is 385 g/mol. The summed E-state index contributed by atoms with van der Waals surface area (Å²) in [7, 11) is 1.49. The molecule has 1 fully saturated rings. The molecule has 4 rings (SSSR count). The van der Waals surface area contributed by atoms with Gasteiger partial charge in [0, 0.05) is 16.8 Å². The Kier molecular flexibility index (Phi) is 5.06. The SMILES string of the molecule is COc1ccccc1C1/C(=C(/O)c2ccccc2)C(=O)C(=O)N1c1ccc(F)cc1. The fourth-order valence-corrected chi connectivity index (χ4v) is 3.64. The zero-order chi connectivity index (χ0) is 21.3. The van der Waals surface area contributed by atoms with Gasteiger partial charge >= 0.3 is 0 Å². The van der Waals surface area contributed by atoms with Gasteiger partial charge in [-0.1, -0.05) is 48.5 Å². The first-order chi connectivity index (χ1) is 14.5. The van der Waals surface area contributed by atoms with Gasteiger partial charge in [0.15, 0.2) is 0 Å². The predicted octanol–water partition coefficient (Wildman–Crippen LogP) is 4.46. The molecule has 1 unspecified atom stereocenters. The Labute approximate surface area is 172 Å². The number of halogens is 1. The maximum absolute atomic E-state index is 13.5. The third kappa shape index (κ3) is 3.22. The van der Waals surface area contributed by atoms with Crippen molar-refractivity contribution < 1.29 is 23.8 Å². The molecule has 1 saturated heterocycles. The monoisotopic (exact) mass is 403 g/mol. The summed E-state index contributed by atoms with van der Waals surface area (Å²) in [5.74, 6) is -1.93. The number of benzene rings is 3. The Morgan fingerprint density at radius 2 is 1.57 bits per heavy atom. The Morgan fingerprint density at radius 1 is 0.933 bits per heavy atom. The summed E-state index contributed by atoms with van der Waals surface area (Å²) in [6.45, 7) is 0. The minimum absolute atomic E-state index is 0.0555. The molecule has 0 spiro atoms. The van der Waals surface area contributed by atoms with Crippen LogP contribution in [0, 0.1) is 5.82 Å². The molecule has 150 valence electrons. The second-order valence-electron chi connectivity index (χ2n) is 6.75. The summed E-state index contributed by atoms with van der Waals surface area (Å²) >= 11 is 0. The molecule has 1 aliphatic rings. The average molecular weight is 403 g/mol. The van der Waals surface area contributed by atoms with Crippen LogP contribution in [0.4, 0.5) is 10.1 Å². The minimum Gasteiger partial charge on any atom is -0.507 e. The highest BCUT2D eigenvalue weighted by Gasteiger charge is 2.47. The van der Waals surface area contributed by atoms with Gasteiger partial charge in [-0.3, -0.25) is 14.5 Å². The summed E-state index contributed by atoms with van der Waals surface area (Å²) in [6.07, 6.45) is 0. The van der Waals surface area contributed by atoms with Crippen LogP contribution in [0.3, 0.4) is 0 Å². The lowest BCUT2D eigenvalue weighted by Crippen LogP contribution is -2.29. The highest BCUT2D eigenvalue weighted by Crippen LogP contribution is 2.44. The quantitative estimate of drug-likeness (QED) is 0.397. The van der Waals surface area contributed by atoms with Crippen molar-refractivity contribution in [1.29, 1.82) is 0 Å². The topological polar surface area (TPSA) is 66.8 Å². The predicted molar refractivity (Wildman–Crippen MR) is 111 cm³/mol. The van der Waals surface area contributed by atoms with Gasteiger partial charge in [0.05, 0.1) is 18.7 Å². The number of nitrogens with zero attached hydrogens (tertiary/aromatic N) is 1. The Morgan fingerprint density at radius 3 is 2.23 bits per heavy atom. The van der Waals surface area contributed by atoms with E-state index in [0.717, 1.165) is 0 Å². The van der Waals surface area contributed by atoms with Crippen LogP contribution < -0.4 is 9.64 Å². The van der Waals surface area contributed by atoms with E-state index in [-0.39, 0.29) is 11.3 Å². The van der Waals surface area contributed by atoms with Crippen molar-refractivity contribution in [3.8, 4) is 5.75 Å². The van der Waals surface area contributed by atoms with Crippen molar-refractivity contribution in [3.05, 3.63) is 101 Å². The maximum atomic E-state index is 13.5. The van der Waals surface area contributed by atoms with Crippen LogP contribution in [0.15, 0.2) is 84.4 Å². The molecule has 5 nitrogen and oxygen atoms in total. The van der Waals surface area contributed by atoms with Gasteiger partial charge in [0.1, 0.15) is 17.3 Å². The number of aliphatic hydroxyl groups is 1. The van der Waals surface area contributed by atoms with E-state index < -0.39 is 23.5 Å². The summed E-state index contributed by atoms with van der Waals surface area (Å²) in [4.78, 5) is 27.3. The summed E-state index contributed by atoms with van der Waals surface area (Å²) in [5.41, 5.74) is 1.22. The maximum Gasteiger partial charge on any atom is 0.300 e. The highest BCUT2D eigenvalue weighted by molar-refractivity contribution is 6.51. The van der Waals surface area contributed by atoms with Crippen LogP contribution in [0.2, 0.25) is 0 Å². The van der Waals surface area contributed by atoms with Crippen LogP contribution in [0.25, 0.3) is 5.76 Å². The molecule has 1 N–H and O–H groups in total. The molecule has 30 heavy (non-hydrogen) atoms. The zero-order valence-corrected chi connectivity index (χ0v) is 16.1. The van der Waals surface area contributed by atoms with E-state index in [1.807, 2.05) is 0 Å². The third-order valence-corrected chi connectivity index (χ3v) is 5.03. The van der Waals surface area contributed by atoms with Gasteiger partial charge in [0.25, 0.3) is 11.7 Å². The number of anilines is 1. The van der Waals surface area contributed by atoms with Crippen LogP contribution in [-0.4, -0.2) is 23.9 Å². The van der Waals surface area contributed by atoms with Gasteiger partial charge < -0.3 is 9.84 Å². The van der Waals surface area contributed by atoms with E-state index in [2.05, 4.69) is 0 Å². The van der Waals surface area contributed by atoms with Gasteiger partial charge in [-0.25, -0.2) is 4.39 Å². The fraction of sp³-hybridized carbons (Fsp3) is 0.0833. The number of ether oxygens (including phenoxy) is 1. The first kappa shape index (κ1) is 19.4. The van der Waals surface area contributed by atoms with Crippen LogP contribution in [0.1, 0.15) is 17.2 Å². The van der Waals surface area contributed by atoms with Crippen LogP contribution >= 0.6 is 0 Å². The van der Waals surface area contributed by atoms with E-state index >= 15 is 0 Å². The summed E-state index contributed by atoms with van der Waals surface area (Å²) in [6, 6.07) is 19.8. The number of carbonyl (C=O) groups excluding carboxylic acids is 2. The summed E-state index contributed by atoms with van der Waals surface area (Å²) in [5, 5.41) is 11.0. The third-order valence-electron chi connectivity index (χ3n) is 5.03. The van der Waals surface area contributed by atoms with E-state index in [1.54, 1.807) is 54.6 Å². The lowest BCUT2D eigenvalue weighted by molar-refractivity contribution is -0.132. The molecule has 3 aromatic rings. The lowest BCUT2D eigenvalue weighted by Gasteiger charge is -2.26. The Hall–Kier alpha value is -3.93. The van der Waals surface area contributed by atoms with Crippen molar-refractivity contribution in [2.75, 3.05) is 12.0 Å². The first-order valence-electron chi connectivity index (χ1n) is 9.28. The molecule has 0 bridgehead atoms. The van der Waals surface area contributed by atoms with Gasteiger partial charge in [-0.2, -0.15) is 0 Å². The normalized spacial score (nSPS) is 17.9. The van der Waals surface area contributed by atoms with E-state index in [0.29, 0.717) is 22.6 Å². The standard InChI is InChI=1S/C24H18FNO4/c1-30-19-10-6-5-9-18(19)21-20(22(27)15-7-3-2-4-8-15)23(28)24(29)26(21)17-13-11-16(25)12-14-17/h2-14,21,27H,1H3/b22-20-. The number of rotatable bonds is 4. The van der Waals surface area contributed by atoms with E-state index in [9.17, 15) is 19.1 Å². The Bertz CT molecular complexity index is 1140. The summed E-state index contributed by atoms with van der Waals surface area (Å²) < 4.78 is 18.9. The molecule has 1 aliphatic heterocycles. The van der Waals surface area contributed by atoms with Gasteiger partial charge in [0.2, 0.25) is 0 Å². The number of hydrogen-bond acceptors (Lipinski definition) is 4.